The van der Waals surface area contributed by atoms with E-state index in [2.05, 4.69) is 4.72 Å². The maximum absolute atomic E-state index is 11.6. The molecular formula is C11H16N2O3S. The number of hydrogen-bond donors (Lipinski definition) is 1. The number of carbonyl (C=O) groups excluding carboxylic acids is 1. The molecule has 17 heavy (non-hydrogen) atoms. The number of anilines is 1. The third-order valence-corrected chi connectivity index (χ3v) is 3.56. The minimum Gasteiger partial charge on any atom is -0.300 e. The van der Waals surface area contributed by atoms with Gasteiger partial charge in [-0.15, -0.1) is 0 Å². The van der Waals surface area contributed by atoms with E-state index in [0.29, 0.717) is 12.1 Å². The molecule has 0 aliphatic rings. The van der Waals surface area contributed by atoms with Gasteiger partial charge in [0.1, 0.15) is 5.78 Å². The molecule has 0 aromatic heterocycles. The highest BCUT2D eigenvalue weighted by Gasteiger charge is 2.12. The van der Waals surface area contributed by atoms with Crippen LogP contribution in [0.3, 0.4) is 0 Å². The Hall–Kier alpha value is -1.40. The molecule has 94 valence electrons. The molecule has 1 aromatic rings. The quantitative estimate of drug-likeness (QED) is 0.856. The number of hydrogen-bond acceptors (Lipinski definition) is 3. The molecule has 5 nitrogen and oxygen atoms in total. The fraction of sp³-hybridized carbons (Fsp3) is 0.364. The number of ketones is 1. The van der Waals surface area contributed by atoms with Crippen LogP contribution >= 0.6 is 0 Å². The van der Waals surface area contributed by atoms with Gasteiger partial charge in [0.05, 0.1) is 5.69 Å². The Kier molecular flexibility index (Phi) is 4.25. The summed E-state index contributed by atoms with van der Waals surface area (Å²) < 4.78 is 26.7. The Labute approximate surface area is 102 Å². The first-order chi connectivity index (χ1) is 7.81. The average molecular weight is 256 g/mol. The molecule has 1 rings (SSSR count). The lowest BCUT2D eigenvalue weighted by molar-refractivity contribution is -0.116. The number of benzene rings is 1. The van der Waals surface area contributed by atoms with Gasteiger partial charge in [0.15, 0.2) is 0 Å². The van der Waals surface area contributed by atoms with Gasteiger partial charge in [-0.1, -0.05) is 12.1 Å². The van der Waals surface area contributed by atoms with E-state index in [1.165, 1.54) is 21.0 Å². The van der Waals surface area contributed by atoms with Gasteiger partial charge < -0.3 is 0 Å². The van der Waals surface area contributed by atoms with Crippen LogP contribution < -0.4 is 4.72 Å². The van der Waals surface area contributed by atoms with Crippen molar-refractivity contribution in [1.82, 2.24) is 4.31 Å². The minimum atomic E-state index is -3.50. The molecule has 0 radical (unpaired) electrons. The van der Waals surface area contributed by atoms with Crippen LogP contribution in [0.4, 0.5) is 5.69 Å². The Bertz CT molecular complexity index is 509. The van der Waals surface area contributed by atoms with Crippen molar-refractivity contribution in [3.05, 3.63) is 29.8 Å². The Morgan fingerprint density at radius 3 is 2.53 bits per heavy atom. The van der Waals surface area contributed by atoms with Crippen LogP contribution in [0, 0.1) is 0 Å². The molecule has 0 unspecified atom stereocenters. The lowest BCUT2D eigenvalue weighted by atomic mass is 10.1. The van der Waals surface area contributed by atoms with Crippen LogP contribution in [-0.4, -0.2) is 32.6 Å². The zero-order chi connectivity index (χ0) is 13.1. The topological polar surface area (TPSA) is 66.5 Å². The molecule has 0 heterocycles. The fourth-order valence-electron chi connectivity index (χ4n) is 1.27. The van der Waals surface area contributed by atoms with Crippen LogP contribution in [-0.2, 0) is 21.4 Å². The van der Waals surface area contributed by atoms with Gasteiger partial charge in [-0.25, -0.2) is 0 Å². The largest absolute Gasteiger partial charge is 0.301 e. The molecule has 0 saturated carbocycles. The minimum absolute atomic E-state index is 0.0395. The van der Waals surface area contributed by atoms with Crippen molar-refractivity contribution in [2.75, 3.05) is 18.8 Å². The highest BCUT2D eigenvalue weighted by molar-refractivity contribution is 7.90. The van der Waals surface area contributed by atoms with Crippen molar-refractivity contribution >= 4 is 21.7 Å². The maximum Gasteiger partial charge on any atom is 0.301 e. The second kappa shape index (κ2) is 5.29. The zero-order valence-electron chi connectivity index (χ0n) is 10.1. The summed E-state index contributed by atoms with van der Waals surface area (Å²) in [6.45, 7) is 1.50. The first-order valence-corrected chi connectivity index (χ1v) is 6.54. The lowest BCUT2D eigenvalue weighted by Crippen LogP contribution is -2.28. The van der Waals surface area contributed by atoms with E-state index in [4.69, 9.17) is 0 Å². The SMILES string of the molecule is CC(=O)Cc1cccc(NS(=O)(=O)N(C)C)c1. The first kappa shape index (κ1) is 13.7. The lowest BCUT2D eigenvalue weighted by Gasteiger charge is -2.13. The summed E-state index contributed by atoms with van der Waals surface area (Å²) in [6.07, 6.45) is 0.303. The summed E-state index contributed by atoms with van der Waals surface area (Å²) in [5.74, 6) is 0.0395. The van der Waals surface area contributed by atoms with E-state index in [0.717, 1.165) is 9.87 Å². The van der Waals surface area contributed by atoms with Gasteiger partial charge in [-0.3, -0.25) is 9.52 Å². The summed E-state index contributed by atoms with van der Waals surface area (Å²) in [6, 6.07) is 6.80. The number of nitrogens with one attached hydrogen (secondary N) is 1. The van der Waals surface area contributed by atoms with Crippen LogP contribution in [0.15, 0.2) is 24.3 Å². The van der Waals surface area contributed by atoms with Crippen molar-refractivity contribution in [1.29, 1.82) is 0 Å². The highest BCUT2D eigenvalue weighted by Crippen LogP contribution is 2.13. The molecule has 0 aliphatic heterocycles. The second-order valence-corrected chi connectivity index (χ2v) is 5.85. The van der Waals surface area contributed by atoms with Crippen molar-refractivity contribution in [3.63, 3.8) is 0 Å². The molecule has 1 aromatic carbocycles. The van der Waals surface area contributed by atoms with E-state index in [1.807, 2.05) is 0 Å². The molecule has 0 amide bonds. The number of carbonyl (C=O) groups is 1. The van der Waals surface area contributed by atoms with Crippen molar-refractivity contribution in [3.8, 4) is 0 Å². The van der Waals surface area contributed by atoms with E-state index in [9.17, 15) is 13.2 Å². The third kappa shape index (κ3) is 4.16. The molecule has 1 N–H and O–H groups in total. The van der Waals surface area contributed by atoms with E-state index in [1.54, 1.807) is 24.3 Å². The fourth-order valence-corrected chi connectivity index (χ4v) is 1.88. The third-order valence-electron chi connectivity index (χ3n) is 2.11. The van der Waals surface area contributed by atoms with Crippen molar-refractivity contribution in [2.45, 2.75) is 13.3 Å². The van der Waals surface area contributed by atoms with Crippen LogP contribution in [0.1, 0.15) is 12.5 Å². The standard InChI is InChI=1S/C11H16N2O3S/c1-9(14)7-10-5-4-6-11(8-10)12-17(15,16)13(2)3/h4-6,8,12H,7H2,1-3H3. The molecule has 6 heteroatoms. The van der Waals surface area contributed by atoms with Gasteiger partial charge in [-0.05, 0) is 24.6 Å². The summed E-state index contributed by atoms with van der Waals surface area (Å²) in [4.78, 5) is 11.0. The molecule has 0 aliphatic carbocycles. The molecular weight excluding hydrogens is 240 g/mol. The van der Waals surface area contributed by atoms with Gasteiger partial charge >= 0.3 is 10.2 Å². The first-order valence-electron chi connectivity index (χ1n) is 5.10. The summed E-state index contributed by atoms with van der Waals surface area (Å²) in [7, 11) is -0.606. The van der Waals surface area contributed by atoms with E-state index < -0.39 is 10.2 Å². The van der Waals surface area contributed by atoms with Crippen molar-refractivity contribution in [2.24, 2.45) is 0 Å². The van der Waals surface area contributed by atoms with E-state index >= 15 is 0 Å². The molecule has 0 fully saturated rings. The maximum atomic E-state index is 11.6. The predicted molar refractivity (Wildman–Crippen MR) is 67.1 cm³/mol. The summed E-state index contributed by atoms with van der Waals surface area (Å²) >= 11 is 0. The molecule has 0 spiro atoms. The highest BCUT2D eigenvalue weighted by atomic mass is 32.2. The van der Waals surface area contributed by atoms with Gasteiger partial charge in [0, 0.05) is 20.5 Å². The Morgan fingerprint density at radius 2 is 2.00 bits per heavy atom. The predicted octanol–water partition coefficient (Wildman–Crippen LogP) is 1.04. The van der Waals surface area contributed by atoms with Gasteiger partial charge in [0.2, 0.25) is 0 Å². The van der Waals surface area contributed by atoms with Crippen LogP contribution in [0.5, 0.6) is 0 Å². The molecule has 0 atom stereocenters. The average Bonchev–Trinajstić information content (AvgIpc) is 2.15. The van der Waals surface area contributed by atoms with Gasteiger partial charge in [0.25, 0.3) is 0 Å². The zero-order valence-corrected chi connectivity index (χ0v) is 10.9. The monoisotopic (exact) mass is 256 g/mol. The Morgan fingerprint density at radius 1 is 1.35 bits per heavy atom. The Balaban J connectivity index is 2.90. The number of nitrogens with zero attached hydrogens (tertiary/aromatic N) is 1. The van der Waals surface area contributed by atoms with Crippen LogP contribution in [0.2, 0.25) is 0 Å². The van der Waals surface area contributed by atoms with Crippen LogP contribution in [0.25, 0.3) is 0 Å². The van der Waals surface area contributed by atoms with E-state index in [-0.39, 0.29) is 5.78 Å². The normalized spacial score (nSPS) is 11.5. The number of Topliss-reactive ketones (excluding diaryl/α,β-unsaturated/α-hetero) is 1. The second-order valence-electron chi connectivity index (χ2n) is 3.97. The summed E-state index contributed by atoms with van der Waals surface area (Å²) in [5, 5.41) is 0. The molecule has 0 saturated heterocycles. The summed E-state index contributed by atoms with van der Waals surface area (Å²) in [5.41, 5.74) is 1.24. The number of rotatable bonds is 5. The van der Waals surface area contributed by atoms with Gasteiger partial charge in [-0.2, -0.15) is 12.7 Å². The van der Waals surface area contributed by atoms with Crippen molar-refractivity contribution < 1.29 is 13.2 Å². The smallest absolute Gasteiger partial charge is 0.300 e. The molecule has 0 bridgehead atoms.